The first-order valence-electron chi connectivity index (χ1n) is 9.34. The first kappa shape index (κ1) is 18.3. The summed E-state index contributed by atoms with van der Waals surface area (Å²) in [6.45, 7) is 7.29. The highest BCUT2D eigenvalue weighted by atomic mass is 15.5. The van der Waals surface area contributed by atoms with E-state index in [-0.39, 0.29) is 6.04 Å². The van der Waals surface area contributed by atoms with Crippen molar-refractivity contribution in [1.82, 2.24) is 25.5 Å². The molecule has 0 radical (unpaired) electrons. The summed E-state index contributed by atoms with van der Waals surface area (Å²) < 4.78 is 1.79. The second-order valence-electron chi connectivity index (χ2n) is 6.94. The van der Waals surface area contributed by atoms with Crippen molar-refractivity contribution in [3.8, 4) is 5.69 Å². The number of nitrogens with one attached hydrogen (secondary N) is 1. The fourth-order valence-electron chi connectivity index (χ4n) is 3.21. The second-order valence-corrected chi connectivity index (χ2v) is 6.94. The highest BCUT2D eigenvalue weighted by Gasteiger charge is 2.17. The fraction of sp³-hybridized carbons (Fsp3) is 0.381. The average molecular weight is 349 g/mol. The molecule has 1 unspecified atom stereocenters. The topological polar surface area (TPSA) is 55.6 Å². The highest BCUT2D eigenvalue weighted by molar-refractivity contribution is 5.30. The van der Waals surface area contributed by atoms with E-state index < -0.39 is 0 Å². The lowest BCUT2D eigenvalue weighted by Gasteiger charge is -2.23. The van der Waals surface area contributed by atoms with Crippen molar-refractivity contribution in [3.63, 3.8) is 0 Å². The molecule has 5 nitrogen and oxygen atoms in total. The van der Waals surface area contributed by atoms with E-state index in [9.17, 15) is 0 Å². The molecule has 3 rings (SSSR count). The van der Waals surface area contributed by atoms with Crippen molar-refractivity contribution in [2.24, 2.45) is 5.92 Å². The maximum absolute atomic E-state index is 4.20. The maximum atomic E-state index is 4.20. The molecular formula is C21H27N5. The van der Waals surface area contributed by atoms with Gasteiger partial charge < -0.3 is 5.32 Å². The lowest BCUT2D eigenvalue weighted by molar-refractivity contribution is 0.404. The van der Waals surface area contributed by atoms with Crippen molar-refractivity contribution < 1.29 is 0 Å². The summed E-state index contributed by atoms with van der Waals surface area (Å²) in [5, 5.41) is 15.8. The van der Waals surface area contributed by atoms with E-state index in [2.05, 4.69) is 65.9 Å². The Morgan fingerprint density at radius 1 is 1.00 bits per heavy atom. The molecule has 0 saturated heterocycles. The van der Waals surface area contributed by atoms with Crippen LogP contribution in [0.2, 0.25) is 0 Å². The summed E-state index contributed by atoms with van der Waals surface area (Å²) >= 11 is 0. The van der Waals surface area contributed by atoms with E-state index in [1.54, 1.807) is 4.68 Å². The normalized spacial score (nSPS) is 12.5. The maximum Gasteiger partial charge on any atom is 0.170 e. The van der Waals surface area contributed by atoms with Crippen LogP contribution in [-0.2, 0) is 13.0 Å². The Morgan fingerprint density at radius 3 is 2.38 bits per heavy atom. The van der Waals surface area contributed by atoms with Crippen LogP contribution in [0.5, 0.6) is 0 Å². The predicted octanol–water partition coefficient (Wildman–Crippen LogP) is 4.10. The molecule has 0 amide bonds. The van der Waals surface area contributed by atoms with Gasteiger partial charge in [-0.15, -0.1) is 5.10 Å². The third-order valence-corrected chi connectivity index (χ3v) is 4.56. The summed E-state index contributed by atoms with van der Waals surface area (Å²) in [6.07, 6.45) is 2.30. The Labute approximate surface area is 155 Å². The molecule has 0 fully saturated rings. The number of aryl methyl sites for hydroxylation is 1. The molecule has 2 aromatic carbocycles. The van der Waals surface area contributed by atoms with E-state index in [4.69, 9.17) is 0 Å². The standard InChI is InChI=1S/C21H27N5/c1-4-8-17-11-13-18(14-12-17)21(16(2)3)22-15-20-23-24-25-26(20)19-9-6-5-7-10-19/h5-7,9-14,16,21-22H,4,8,15H2,1-3H3. The number of nitrogens with zero attached hydrogens (tertiary/aromatic N) is 4. The molecule has 1 heterocycles. The van der Waals surface area contributed by atoms with E-state index in [1.807, 2.05) is 30.3 Å². The minimum absolute atomic E-state index is 0.256. The molecule has 0 aliphatic heterocycles. The largest absolute Gasteiger partial charge is 0.303 e. The first-order chi connectivity index (χ1) is 12.7. The van der Waals surface area contributed by atoms with Crippen LogP contribution in [0.3, 0.4) is 0 Å². The van der Waals surface area contributed by atoms with Crippen molar-refractivity contribution in [1.29, 1.82) is 0 Å². The zero-order valence-corrected chi connectivity index (χ0v) is 15.8. The lowest BCUT2D eigenvalue weighted by atomic mass is 9.94. The fourth-order valence-corrected chi connectivity index (χ4v) is 3.21. The smallest absolute Gasteiger partial charge is 0.170 e. The van der Waals surface area contributed by atoms with Crippen LogP contribution in [0.1, 0.15) is 50.2 Å². The van der Waals surface area contributed by atoms with E-state index >= 15 is 0 Å². The summed E-state index contributed by atoms with van der Waals surface area (Å²) in [7, 11) is 0. The minimum Gasteiger partial charge on any atom is -0.303 e. The summed E-state index contributed by atoms with van der Waals surface area (Å²) in [5.74, 6) is 1.28. The van der Waals surface area contributed by atoms with Gasteiger partial charge in [0, 0.05) is 6.04 Å². The summed E-state index contributed by atoms with van der Waals surface area (Å²) in [4.78, 5) is 0. The number of rotatable bonds is 8. The predicted molar refractivity (Wildman–Crippen MR) is 104 cm³/mol. The third-order valence-electron chi connectivity index (χ3n) is 4.56. The highest BCUT2D eigenvalue weighted by Crippen LogP contribution is 2.23. The van der Waals surface area contributed by atoms with Crippen molar-refractivity contribution in [2.75, 3.05) is 0 Å². The van der Waals surface area contributed by atoms with Gasteiger partial charge in [-0.05, 0) is 46.0 Å². The molecule has 26 heavy (non-hydrogen) atoms. The van der Waals surface area contributed by atoms with Crippen LogP contribution in [0.4, 0.5) is 0 Å². The number of aromatic nitrogens is 4. The molecule has 3 aromatic rings. The number of para-hydroxylation sites is 1. The Morgan fingerprint density at radius 2 is 1.73 bits per heavy atom. The van der Waals surface area contributed by atoms with E-state index in [0.717, 1.165) is 17.9 Å². The lowest BCUT2D eigenvalue weighted by Crippen LogP contribution is -2.26. The number of hydrogen-bond acceptors (Lipinski definition) is 4. The van der Waals surface area contributed by atoms with Crippen molar-refractivity contribution in [2.45, 2.75) is 46.2 Å². The first-order valence-corrected chi connectivity index (χ1v) is 9.34. The quantitative estimate of drug-likeness (QED) is 0.665. The number of benzene rings is 2. The Kier molecular flexibility index (Phi) is 6.12. The summed E-state index contributed by atoms with van der Waals surface area (Å²) in [6, 6.07) is 19.2. The zero-order chi connectivity index (χ0) is 18.4. The van der Waals surface area contributed by atoms with Crippen molar-refractivity contribution in [3.05, 3.63) is 71.5 Å². The Hall–Kier alpha value is -2.53. The van der Waals surface area contributed by atoms with Gasteiger partial charge in [0.05, 0.1) is 12.2 Å². The van der Waals surface area contributed by atoms with Crippen LogP contribution < -0.4 is 5.32 Å². The van der Waals surface area contributed by atoms with E-state index in [1.165, 1.54) is 17.5 Å². The number of hydrogen-bond donors (Lipinski definition) is 1. The van der Waals surface area contributed by atoms with Gasteiger partial charge in [0.15, 0.2) is 5.82 Å². The Balaban J connectivity index is 1.73. The van der Waals surface area contributed by atoms with Crippen molar-refractivity contribution >= 4 is 0 Å². The molecule has 1 aromatic heterocycles. The molecule has 136 valence electrons. The number of tetrazole rings is 1. The molecular weight excluding hydrogens is 322 g/mol. The molecule has 5 heteroatoms. The molecule has 1 N–H and O–H groups in total. The molecule has 0 saturated carbocycles. The minimum atomic E-state index is 0.256. The van der Waals surface area contributed by atoms with Gasteiger partial charge in [-0.2, -0.15) is 4.68 Å². The van der Waals surface area contributed by atoms with E-state index in [0.29, 0.717) is 12.5 Å². The van der Waals surface area contributed by atoms with Gasteiger partial charge in [-0.3, -0.25) is 0 Å². The van der Waals surface area contributed by atoms with Gasteiger partial charge in [0.2, 0.25) is 0 Å². The van der Waals surface area contributed by atoms with Gasteiger partial charge in [-0.25, -0.2) is 0 Å². The van der Waals surface area contributed by atoms with Crippen LogP contribution in [0, 0.1) is 5.92 Å². The molecule has 0 bridgehead atoms. The van der Waals surface area contributed by atoms with Gasteiger partial charge in [0.1, 0.15) is 0 Å². The average Bonchev–Trinajstić information content (AvgIpc) is 3.12. The molecule has 1 atom stereocenters. The van der Waals surface area contributed by atoms with Crippen LogP contribution in [0.15, 0.2) is 54.6 Å². The SMILES string of the molecule is CCCc1ccc(C(NCc2nnnn2-c2ccccc2)C(C)C)cc1. The van der Waals surface area contributed by atoms with Gasteiger partial charge >= 0.3 is 0 Å². The third kappa shape index (κ3) is 4.35. The summed E-state index contributed by atoms with van der Waals surface area (Å²) in [5.41, 5.74) is 3.67. The zero-order valence-electron chi connectivity index (χ0n) is 15.8. The van der Waals surface area contributed by atoms with Crippen LogP contribution in [0.25, 0.3) is 5.69 Å². The molecule has 0 aliphatic carbocycles. The molecule has 0 aliphatic rings. The molecule has 0 spiro atoms. The van der Waals surface area contributed by atoms with Gasteiger partial charge in [-0.1, -0.05) is 69.7 Å². The van der Waals surface area contributed by atoms with Crippen LogP contribution >= 0.6 is 0 Å². The monoisotopic (exact) mass is 349 g/mol. The van der Waals surface area contributed by atoms with Gasteiger partial charge in [0.25, 0.3) is 0 Å². The van der Waals surface area contributed by atoms with Crippen LogP contribution in [-0.4, -0.2) is 20.2 Å². The Bertz CT molecular complexity index is 793. The second kappa shape index (κ2) is 8.72.